The molecule has 2 fully saturated rings. The summed E-state index contributed by atoms with van der Waals surface area (Å²) >= 11 is 0. The van der Waals surface area contributed by atoms with Gasteiger partial charge in [0.05, 0.1) is 17.3 Å². The molecule has 0 saturated carbocycles. The van der Waals surface area contributed by atoms with Gasteiger partial charge in [0.1, 0.15) is 0 Å². The molecule has 1 spiro atoms. The molecule has 0 radical (unpaired) electrons. The third-order valence-electron chi connectivity index (χ3n) is 6.79. The van der Waals surface area contributed by atoms with Crippen molar-refractivity contribution in [3.63, 3.8) is 0 Å². The van der Waals surface area contributed by atoms with Crippen LogP contribution in [0, 0.1) is 0 Å². The number of nitrogens with zero attached hydrogens (tertiary/aromatic N) is 4. The van der Waals surface area contributed by atoms with Crippen molar-refractivity contribution in [1.29, 1.82) is 0 Å². The predicted molar refractivity (Wildman–Crippen MR) is 113 cm³/mol. The molecule has 3 aliphatic heterocycles. The Hall–Kier alpha value is -2.93. The van der Waals surface area contributed by atoms with Gasteiger partial charge in [0.15, 0.2) is 0 Å². The lowest BCUT2D eigenvalue weighted by Crippen LogP contribution is -2.62. The van der Waals surface area contributed by atoms with E-state index < -0.39 is 0 Å². The Labute approximate surface area is 175 Å². The second kappa shape index (κ2) is 6.80. The summed E-state index contributed by atoms with van der Waals surface area (Å²) < 4.78 is 7.71. The van der Waals surface area contributed by atoms with Crippen molar-refractivity contribution in [2.45, 2.75) is 37.3 Å². The number of amides is 2. The summed E-state index contributed by atoms with van der Waals surface area (Å²) in [6.45, 7) is 3.84. The van der Waals surface area contributed by atoms with Gasteiger partial charge >= 0.3 is 6.03 Å². The zero-order chi connectivity index (χ0) is 20.1. The van der Waals surface area contributed by atoms with E-state index in [-0.39, 0.29) is 17.6 Å². The molecule has 154 valence electrons. The average Bonchev–Trinajstić information content (AvgIpc) is 3.47. The minimum Gasteiger partial charge on any atom is -0.376 e. The van der Waals surface area contributed by atoms with E-state index in [9.17, 15) is 4.79 Å². The lowest BCUT2D eigenvalue weighted by Gasteiger charge is -2.47. The number of carbonyl (C=O) groups is 1. The van der Waals surface area contributed by atoms with Crippen LogP contribution in [0.15, 0.2) is 42.6 Å². The molecule has 1 aromatic carbocycles. The molecule has 2 amide bonds. The predicted octanol–water partition coefficient (Wildman–Crippen LogP) is 2.94. The third kappa shape index (κ3) is 2.88. The normalized spacial score (nSPS) is 21.7. The first-order valence-electron chi connectivity index (χ1n) is 10.8. The zero-order valence-corrected chi connectivity index (χ0v) is 16.9. The minimum atomic E-state index is 0.0213. The summed E-state index contributed by atoms with van der Waals surface area (Å²) in [5.41, 5.74) is 4.28. The summed E-state index contributed by atoms with van der Waals surface area (Å²) in [6.07, 6.45) is 5.25. The van der Waals surface area contributed by atoms with Crippen LogP contribution in [0.3, 0.4) is 0 Å². The van der Waals surface area contributed by atoms with E-state index in [1.54, 1.807) is 0 Å². The number of nitrogens with one attached hydrogen (secondary N) is 1. The van der Waals surface area contributed by atoms with E-state index >= 15 is 0 Å². The van der Waals surface area contributed by atoms with Crippen LogP contribution in [0.1, 0.15) is 25.0 Å². The van der Waals surface area contributed by atoms with E-state index in [1.165, 1.54) is 5.69 Å². The number of hydrogen-bond acceptors (Lipinski definition) is 4. The zero-order valence-electron chi connectivity index (χ0n) is 16.9. The van der Waals surface area contributed by atoms with Gasteiger partial charge in [-0.1, -0.05) is 18.2 Å². The van der Waals surface area contributed by atoms with Gasteiger partial charge in [-0.15, -0.1) is 0 Å². The van der Waals surface area contributed by atoms with Crippen molar-refractivity contribution in [3.05, 3.63) is 48.3 Å². The molecular formula is C23H25N5O2. The maximum absolute atomic E-state index is 12.5. The van der Waals surface area contributed by atoms with E-state index in [2.05, 4.69) is 33.2 Å². The van der Waals surface area contributed by atoms with Crippen LogP contribution in [0.2, 0.25) is 0 Å². The van der Waals surface area contributed by atoms with Crippen LogP contribution in [0.4, 0.5) is 4.79 Å². The number of aromatic nitrogens is 3. The molecule has 2 aromatic heterocycles. The number of aryl methyl sites for hydroxylation is 1. The number of para-hydroxylation sites is 1. The SMILES string of the molecule is O=C(NCC1CCCO1)N1CC2(CCn3nc(-c4cnc5ccccc5c4)cc32)C1. The topological polar surface area (TPSA) is 72.3 Å². The van der Waals surface area contributed by atoms with E-state index in [0.29, 0.717) is 6.54 Å². The molecule has 0 aliphatic carbocycles. The fourth-order valence-electron chi connectivity index (χ4n) is 5.08. The van der Waals surface area contributed by atoms with Crippen molar-refractivity contribution < 1.29 is 9.53 Å². The monoisotopic (exact) mass is 403 g/mol. The Morgan fingerprint density at radius 2 is 2.17 bits per heavy atom. The summed E-state index contributed by atoms with van der Waals surface area (Å²) in [6, 6.07) is 12.5. The van der Waals surface area contributed by atoms with Crippen LogP contribution in [0.25, 0.3) is 22.2 Å². The number of pyridine rings is 1. The van der Waals surface area contributed by atoms with E-state index in [0.717, 1.165) is 67.7 Å². The van der Waals surface area contributed by atoms with Gasteiger partial charge in [0, 0.05) is 61.0 Å². The molecule has 5 heterocycles. The molecule has 3 aromatic rings. The van der Waals surface area contributed by atoms with E-state index in [4.69, 9.17) is 9.84 Å². The summed E-state index contributed by atoms with van der Waals surface area (Å²) in [5.74, 6) is 0. The third-order valence-corrected chi connectivity index (χ3v) is 6.79. The number of likely N-dealkylation sites (tertiary alicyclic amines) is 1. The molecule has 30 heavy (non-hydrogen) atoms. The van der Waals surface area contributed by atoms with Crippen molar-refractivity contribution in [3.8, 4) is 11.3 Å². The minimum absolute atomic E-state index is 0.0213. The molecule has 0 bridgehead atoms. The summed E-state index contributed by atoms with van der Waals surface area (Å²) in [7, 11) is 0. The van der Waals surface area contributed by atoms with Gasteiger partial charge in [-0.2, -0.15) is 5.10 Å². The molecule has 6 rings (SSSR count). The maximum atomic E-state index is 12.5. The maximum Gasteiger partial charge on any atom is 0.317 e. The van der Waals surface area contributed by atoms with Crippen LogP contribution in [-0.4, -0.2) is 58.0 Å². The molecule has 3 aliphatic rings. The van der Waals surface area contributed by atoms with Gasteiger partial charge in [0.2, 0.25) is 0 Å². The van der Waals surface area contributed by atoms with Gasteiger partial charge in [-0.3, -0.25) is 9.67 Å². The lowest BCUT2D eigenvalue weighted by atomic mass is 9.76. The number of hydrogen-bond donors (Lipinski definition) is 1. The largest absolute Gasteiger partial charge is 0.376 e. The fourth-order valence-corrected chi connectivity index (χ4v) is 5.08. The lowest BCUT2D eigenvalue weighted by molar-refractivity contribution is 0.0821. The molecule has 1 N–H and O–H groups in total. The second-order valence-electron chi connectivity index (χ2n) is 8.76. The first-order valence-corrected chi connectivity index (χ1v) is 10.8. The number of fused-ring (bicyclic) bond motifs is 3. The Morgan fingerprint density at radius 3 is 3.03 bits per heavy atom. The van der Waals surface area contributed by atoms with Crippen LogP contribution in [-0.2, 0) is 16.7 Å². The van der Waals surface area contributed by atoms with E-state index in [1.807, 2.05) is 29.3 Å². The molecular weight excluding hydrogens is 378 g/mol. The Kier molecular flexibility index (Phi) is 4.06. The number of carbonyl (C=O) groups excluding carboxylic acids is 1. The first-order chi connectivity index (χ1) is 14.7. The quantitative estimate of drug-likeness (QED) is 0.730. The summed E-state index contributed by atoms with van der Waals surface area (Å²) in [4.78, 5) is 19.0. The Morgan fingerprint density at radius 1 is 1.27 bits per heavy atom. The van der Waals surface area contributed by atoms with Crippen LogP contribution < -0.4 is 5.32 Å². The van der Waals surface area contributed by atoms with Crippen molar-refractivity contribution in [2.75, 3.05) is 26.2 Å². The van der Waals surface area contributed by atoms with Gasteiger partial charge in [0.25, 0.3) is 0 Å². The average molecular weight is 403 g/mol. The highest BCUT2D eigenvalue weighted by Gasteiger charge is 2.51. The fraction of sp³-hybridized carbons (Fsp3) is 0.435. The summed E-state index contributed by atoms with van der Waals surface area (Å²) in [5, 5.41) is 9.00. The number of ether oxygens (including phenoxy) is 1. The molecule has 7 heteroatoms. The number of benzene rings is 1. The van der Waals surface area contributed by atoms with Crippen molar-refractivity contribution in [2.24, 2.45) is 0 Å². The van der Waals surface area contributed by atoms with Gasteiger partial charge in [-0.25, -0.2) is 4.79 Å². The molecule has 1 unspecified atom stereocenters. The molecule has 7 nitrogen and oxygen atoms in total. The second-order valence-corrected chi connectivity index (χ2v) is 8.76. The molecule has 1 atom stereocenters. The van der Waals surface area contributed by atoms with Crippen LogP contribution >= 0.6 is 0 Å². The number of rotatable bonds is 3. The highest BCUT2D eigenvalue weighted by atomic mass is 16.5. The highest BCUT2D eigenvalue weighted by molar-refractivity contribution is 5.83. The van der Waals surface area contributed by atoms with Crippen LogP contribution in [0.5, 0.6) is 0 Å². The smallest absolute Gasteiger partial charge is 0.317 e. The Bertz CT molecular complexity index is 1110. The highest BCUT2D eigenvalue weighted by Crippen LogP contribution is 2.43. The molecule has 2 saturated heterocycles. The van der Waals surface area contributed by atoms with Gasteiger partial charge in [-0.05, 0) is 37.5 Å². The van der Waals surface area contributed by atoms with Crippen molar-refractivity contribution >= 4 is 16.9 Å². The standard InChI is InChI=1S/C23H25N5O2/c29-22(25-13-18-5-3-9-30-18)27-14-23(15-27)7-8-28-21(23)11-20(26-28)17-10-16-4-1-2-6-19(16)24-12-17/h1-2,4,6,10-12,18H,3,5,7-9,13-15H2,(H,25,29). The Balaban J connectivity index is 1.17. The number of urea groups is 1. The van der Waals surface area contributed by atoms with Gasteiger partial charge < -0.3 is 15.0 Å². The van der Waals surface area contributed by atoms with Crippen molar-refractivity contribution in [1.82, 2.24) is 25.0 Å². The first kappa shape index (κ1) is 17.9.